The van der Waals surface area contributed by atoms with Crippen LogP contribution in [0.15, 0.2) is 34.5 Å². The molecule has 7 nitrogen and oxygen atoms in total. The van der Waals surface area contributed by atoms with Crippen molar-refractivity contribution < 1.29 is 19.1 Å². The molecule has 0 aromatic heterocycles. The number of benzene rings is 1. The van der Waals surface area contributed by atoms with E-state index in [0.717, 1.165) is 0 Å². The molecule has 23 heavy (non-hydrogen) atoms. The molecule has 0 atom stereocenters. The second-order valence-corrected chi connectivity index (χ2v) is 4.66. The Hall–Kier alpha value is -2.83. The second kappa shape index (κ2) is 8.57. The van der Waals surface area contributed by atoms with Crippen molar-refractivity contribution in [3.8, 4) is 11.5 Å². The predicted octanol–water partition coefficient (Wildman–Crippen LogP) is 0.936. The number of hydrogen-bond acceptors (Lipinski definition) is 6. The maximum absolute atomic E-state index is 12.1. The van der Waals surface area contributed by atoms with Gasteiger partial charge in [0.2, 0.25) is 0 Å². The molecule has 0 saturated heterocycles. The maximum Gasteiger partial charge on any atom is 0.251 e. The van der Waals surface area contributed by atoms with E-state index in [1.165, 1.54) is 26.5 Å². The average molecular weight is 319 g/mol. The first kappa shape index (κ1) is 18.2. The van der Waals surface area contributed by atoms with Gasteiger partial charge in [0.25, 0.3) is 5.91 Å². The number of Topliss-reactive ketones (excluding diaryl/α,β-unsaturated/α-hetero) is 1. The van der Waals surface area contributed by atoms with Gasteiger partial charge in [-0.25, -0.2) is 0 Å². The van der Waals surface area contributed by atoms with E-state index in [-0.39, 0.29) is 18.0 Å². The minimum atomic E-state index is -0.408. The lowest BCUT2D eigenvalue weighted by molar-refractivity contribution is -0.114. The van der Waals surface area contributed by atoms with E-state index >= 15 is 0 Å². The summed E-state index contributed by atoms with van der Waals surface area (Å²) in [4.78, 5) is 27.8. The number of hydrogen-bond donors (Lipinski definition) is 2. The Morgan fingerprint density at radius 1 is 1.26 bits per heavy atom. The van der Waals surface area contributed by atoms with Crippen molar-refractivity contribution in [2.45, 2.75) is 6.92 Å². The van der Waals surface area contributed by atoms with Crippen molar-refractivity contribution in [3.63, 3.8) is 0 Å². The van der Waals surface area contributed by atoms with Crippen molar-refractivity contribution in [1.82, 2.24) is 5.32 Å². The monoisotopic (exact) mass is 319 g/mol. The summed E-state index contributed by atoms with van der Waals surface area (Å²) in [5, 5.41) is 2.52. The smallest absolute Gasteiger partial charge is 0.251 e. The standard InChI is InChI=1S/C16H21N3O4/c1-10(8-18-2)15(17)12(20)9-19-16(21)11-5-6-13(22-3)14(7-11)23-4/h5-8H,9,17H2,1-4H3,(H,19,21). The number of carbonyl (C=O) groups excluding carboxylic acids is 2. The third-order valence-electron chi connectivity index (χ3n) is 3.10. The topological polar surface area (TPSA) is 103 Å². The van der Waals surface area contributed by atoms with Gasteiger partial charge in [-0.1, -0.05) is 0 Å². The summed E-state index contributed by atoms with van der Waals surface area (Å²) in [6.45, 7) is 1.48. The Balaban J connectivity index is 2.78. The highest BCUT2D eigenvalue weighted by Gasteiger charge is 2.13. The quantitative estimate of drug-likeness (QED) is 0.575. The minimum Gasteiger partial charge on any atom is -0.493 e. The zero-order chi connectivity index (χ0) is 17.4. The molecule has 0 spiro atoms. The lowest BCUT2D eigenvalue weighted by Crippen LogP contribution is -2.32. The molecule has 0 saturated carbocycles. The largest absolute Gasteiger partial charge is 0.493 e. The van der Waals surface area contributed by atoms with E-state index in [2.05, 4.69) is 10.3 Å². The third-order valence-corrected chi connectivity index (χ3v) is 3.10. The summed E-state index contributed by atoms with van der Waals surface area (Å²) >= 11 is 0. The average Bonchev–Trinajstić information content (AvgIpc) is 2.57. The highest BCUT2D eigenvalue weighted by Crippen LogP contribution is 2.27. The summed E-state index contributed by atoms with van der Waals surface area (Å²) in [5.74, 6) is 0.160. The summed E-state index contributed by atoms with van der Waals surface area (Å²) < 4.78 is 10.2. The first-order valence-electron chi connectivity index (χ1n) is 6.86. The molecule has 7 heteroatoms. The lowest BCUT2D eigenvalue weighted by atomic mass is 10.1. The fourth-order valence-electron chi connectivity index (χ4n) is 1.82. The molecule has 0 aliphatic carbocycles. The highest BCUT2D eigenvalue weighted by atomic mass is 16.5. The highest BCUT2D eigenvalue weighted by molar-refractivity contribution is 6.04. The predicted molar refractivity (Wildman–Crippen MR) is 88.2 cm³/mol. The molecule has 1 rings (SSSR count). The van der Waals surface area contributed by atoms with Gasteiger partial charge in [0, 0.05) is 18.8 Å². The molecule has 0 unspecified atom stereocenters. The Labute approximate surface area is 135 Å². The van der Waals surface area contributed by atoms with Crippen molar-refractivity contribution in [2.75, 3.05) is 27.8 Å². The number of rotatable bonds is 7. The molecule has 0 aliphatic rings. The van der Waals surface area contributed by atoms with Crippen molar-refractivity contribution in [3.05, 3.63) is 35.0 Å². The molecule has 0 aliphatic heterocycles. The Kier molecular flexibility index (Phi) is 6.79. The molecule has 0 heterocycles. The number of methoxy groups -OCH3 is 2. The van der Waals surface area contributed by atoms with Gasteiger partial charge in [-0.2, -0.15) is 0 Å². The number of allylic oxidation sites excluding steroid dienone is 1. The molecule has 0 fully saturated rings. The molecular formula is C16H21N3O4. The molecule has 124 valence electrons. The number of ketones is 1. The van der Waals surface area contributed by atoms with Crippen LogP contribution >= 0.6 is 0 Å². The molecule has 3 N–H and O–H groups in total. The van der Waals surface area contributed by atoms with Crippen LogP contribution in [0.25, 0.3) is 0 Å². The van der Waals surface area contributed by atoms with Gasteiger partial charge in [0.1, 0.15) is 0 Å². The Bertz CT molecular complexity index is 651. The molecule has 1 aromatic rings. The summed E-state index contributed by atoms with van der Waals surface area (Å²) in [5.41, 5.74) is 6.68. The van der Waals surface area contributed by atoms with Crippen LogP contribution in [0.5, 0.6) is 11.5 Å². The Morgan fingerprint density at radius 2 is 1.91 bits per heavy atom. The van der Waals surface area contributed by atoms with Gasteiger partial charge in [0.05, 0.1) is 26.5 Å². The summed E-state index contributed by atoms with van der Waals surface area (Å²) in [6.07, 6.45) is 1.49. The fourth-order valence-corrected chi connectivity index (χ4v) is 1.82. The van der Waals surface area contributed by atoms with E-state index < -0.39 is 5.91 Å². The summed E-state index contributed by atoms with van der Waals surface area (Å²) in [7, 11) is 4.57. The lowest BCUT2D eigenvalue weighted by Gasteiger charge is -2.10. The first-order chi connectivity index (χ1) is 10.9. The van der Waals surface area contributed by atoms with Crippen LogP contribution in [0.1, 0.15) is 17.3 Å². The number of amides is 1. The third kappa shape index (κ3) is 4.84. The van der Waals surface area contributed by atoms with E-state index in [4.69, 9.17) is 15.2 Å². The maximum atomic E-state index is 12.1. The van der Waals surface area contributed by atoms with Crippen LogP contribution in [-0.4, -0.2) is 45.7 Å². The van der Waals surface area contributed by atoms with Gasteiger partial charge in [0.15, 0.2) is 17.3 Å². The fraction of sp³-hybridized carbons (Fsp3) is 0.312. The van der Waals surface area contributed by atoms with Crippen molar-refractivity contribution in [1.29, 1.82) is 0 Å². The Morgan fingerprint density at radius 3 is 2.48 bits per heavy atom. The number of nitrogens with two attached hydrogens (primary N) is 1. The SMILES string of the molecule is CN=CC(C)=C(N)C(=O)CNC(=O)c1ccc(OC)c(OC)c1. The normalized spacial score (nSPS) is 11.8. The van der Waals surface area contributed by atoms with E-state index in [9.17, 15) is 9.59 Å². The summed E-state index contributed by atoms with van der Waals surface area (Å²) in [6, 6.07) is 4.73. The van der Waals surface area contributed by atoms with Crippen LogP contribution in [-0.2, 0) is 4.79 Å². The first-order valence-corrected chi connectivity index (χ1v) is 6.86. The van der Waals surface area contributed by atoms with Crippen molar-refractivity contribution in [2.24, 2.45) is 10.7 Å². The number of ether oxygens (including phenoxy) is 2. The van der Waals surface area contributed by atoms with Gasteiger partial charge in [-0.05, 0) is 30.7 Å². The van der Waals surface area contributed by atoms with Gasteiger partial charge in [-0.15, -0.1) is 0 Å². The van der Waals surface area contributed by atoms with Crippen LogP contribution < -0.4 is 20.5 Å². The number of nitrogens with zero attached hydrogens (tertiary/aromatic N) is 1. The van der Waals surface area contributed by atoms with Crippen LogP contribution in [0.3, 0.4) is 0 Å². The van der Waals surface area contributed by atoms with E-state index in [1.807, 2.05) is 0 Å². The van der Waals surface area contributed by atoms with Gasteiger partial charge >= 0.3 is 0 Å². The van der Waals surface area contributed by atoms with Gasteiger partial charge < -0.3 is 20.5 Å². The van der Waals surface area contributed by atoms with Crippen LogP contribution in [0, 0.1) is 0 Å². The number of aliphatic imine (C=N–C) groups is 1. The van der Waals surface area contributed by atoms with E-state index in [1.54, 1.807) is 26.1 Å². The van der Waals surface area contributed by atoms with E-state index in [0.29, 0.717) is 22.6 Å². The zero-order valence-corrected chi connectivity index (χ0v) is 13.7. The number of carbonyl (C=O) groups is 2. The molecule has 0 bridgehead atoms. The van der Waals surface area contributed by atoms with Crippen LogP contribution in [0.4, 0.5) is 0 Å². The second-order valence-electron chi connectivity index (χ2n) is 4.66. The molecule has 1 aromatic carbocycles. The molecular weight excluding hydrogens is 298 g/mol. The minimum absolute atomic E-state index is 0.0724. The number of nitrogens with one attached hydrogen (secondary N) is 1. The van der Waals surface area contributed by atoms with Gasteiger partial charge in [-0.3, -0.25) is 14.6 Å². The van der Waals surface area contributed by atoms with Crippen molar-refractivity contribution >= 4 is 17.9 Å². The molecule has 0 radical (unpaired) electrons. The van der Waals surface area contributed by atoms with Crippen LogP contribution in [0.2, 0.25) is 0 Å². The molecule has 1 amide bonds. The zero-order valence-electron chi connectivity index (χ0n) is 13.7.